The van der Waals surface area contributed by atoms with E-state index in [1.165, 1.54) is 24.3 Å². The number of carbonyl (C=O) groups is 5. The standard InChI is InChI=1S/C25H34N4O8/c1-6-29(23(34)18(11-12-19(26)31)28-24(35)37-25(3,4)5)21(16-9-8-10-17(30)15-16)22(33)27-14-13-20(32)36-7-2/h1,8-10,15,18,21,30H,7,11-14H2,2-5H3,(H2,26,31)(H,27,33)(H,28,35). The fourth-order valence-electron chi connectivity index (χ4n) is 3.16. The maximum absolute atomic E-state index is 13.5. The molecule has 2 atom stereocenters. The summed E-state index contributed by atoms with van der Waals surface area (Å²) in [6.45, 7) is 6.58. The average molecular weight is 519 g/mol. The van der Waals surface area contributed by atoms with Crippen LogP contribution in [0.2, 0.25) is 0 Å². The number of amides is 4. The van der Waals surface area contributed by atoms with E-state index in [1.54, 1.807) is 27.7 Å². The van der Waals surface area contributed by atoms with Gasteiger partial charge in [-0.25, -0.2) is 4.79 Å². The number of phenols is 1. The SMILES string of the molecule is C#CN(C(=O)C(CCC(N)=O)NC(=O)OC(C)(C)C)C(C(=O)NCCC(=O)OCC)c1cccc(O)c1. The Morgan fingerprint density at radius 1 is 1.19 bits per heavy atom. The van der Waals surface area contributed by atoms with Gasteiger partial charge in [0.15, 0.2) is 0 Å². The van der Waals surface area contributed by atoms with Crippen molar-refractivity contribution in [3.8, 4) is 18.2 Å². The number of terminal acetylenes is 1. The molecule has 202 valence electrons. The molecule has 0 radical (unpaired) electrons. The first kappa shape index (κ1) is 30.8. The molecular formula is C25H34N4O8. The van der Waals surface area contributed by atoms with Crippen LogP contribution in [0, 0.1) is 12.5 Å². The number of carbonyl (C=O) groups excluding carboxylic acids is 5. The second-order valence-corrected chi connectivity index (χ2v) is 8.88. The summed E-state index contributed by atoms with van der Waals surface area (Å²) in [5.41, 5.74) is 4.50. The molecule has 4 amide bonds. The number of phenolic OH excluding ortho intramolecular Hbond substituents is 1. The van der Waals surface area contributed by atoms with Gasteiger partial charge in [-0.05, 0) is 51.8 Å². The van der Waals surface area contributed by atoms with Crippen molar-refractivity contribution in [2.75, 3.05) is 13.2 Å². The summed E-state index contributed by atoms with van der Waals surface area (Å²) in [5, 5.41) is 14.9. The first-order valence-corrected chi connectivity index (χ1v) is 11.6. The number of hydrogen-bond donors (Lipinski definition) is 4. The number of esters is 1. The summed E-state index contributed by atoms with van der Waals surface area (Å²) >= 11 is 0. The smallest absolute Gasteiger partial charge is 0.408 e. The van der Waals surface area contributed by atoms with Crippen molar-refractivity contribution in [1.29, 1.82) is 0 Å². The Kier molecular flexibility index (Phi) is 11.9. The van der Waals surface area contributed by atoms with E-state index in [2.05, 4.69) is 16.7 Å². The number of ether oxygens (including phenoxy) is 2. The van der Waals surface area contributed by atoms with Gasteiger partial charge in [0, 0.05) is 19.0 Å². The van der Waals surface area contributed by atoms with E-state index in [4.69, 9.17) is 21.6 Å². The van der Waals surface area contributed by atoms with Crippen molar-refractivity contribution in [3.05, 3.63) is 29.8 Å². The lowest BCUT2D eigenvalue weighted by Gasteiger charge is -2.30. The summed E-state index contributed by atoms with van der Waals surface area (Å²) in [6, 6.07) is 4.85. The topological polar surface area (TPSA) is 177 Å². The molecule has 0 saturated carbocycles. The Bertz CT molecular complexity index is 1030. The fourth-order valence-corrected chi connectivity index (χ4v) is 3.16. The van der Waals surface area contributed by atoms with E-state index in [-0.39, 0.29) is 43.7 Å². The highest BCUT2D eigenvalue weighted by Gasteiger charge is 2.36. The van der Waals surface area contributed by atoms with E-state index in [0.29, 0.717) is 0 Å². The van der Waals surface area contributed by atoms with Crippen molar-refractivity contribution in [2.45, 2.75) is 64.6 Å². The molecule has 1 aromatic rings. The Labute approximate surface area is 215 Å². The summed E-state index contributed by atoms with van der Waals surface area (Å²) in [7, 11) is 0. The molecule has 0 aromatic heterocycles. The zero-order chi connectivity index (χ0) is 28.2. The van der Waals surface area contributed by atoms with Gasteiger partial charge < -0.3 is 30.9 Å². The summed E-state index contributed by atoms with van der Waals surface area (Å²) in [5.74, 6) is -3.11. The predicted molar refractivity (Wildman–Crippen MR) is 132 cm³/mol. The van der Waals surface area contributed by atoms with Gasteiger partial charge in [-0.1, -0.05) is 18.6 Å². The second-order valence-electron chi connectivity index (χ2n) is 8.88. The van der Waals surface area contributed by atoms with Crippen LogP contribution in [0.4, 0.5) is 4.79 Å². The first-order valence-electron chi connectivity index (χ1n) is 11.6. The number of hydrogen-bond acceptors (Lipinski definition) is 8. The van der Waals surface area contributed by atoms with Crippen molar-refractivity contribution >= 4 is 29.8 Å². The minimum Gasteiger partial charge on any atom is -0.508 e. The largest absolute Gasteiger partial charge is 0.508 e. The maximum Gasteiger partial charge on any atom is 0.408 e. The molecule has 5 N–H and O–H groups in total. The third-order valence-corrected chi connectivity index (χ3v) is 4.67. The van der Waals surface area contributed by atoms with Crippen LogP contribution in [0.25, 0.3) is 0 Å². The molecule has 0 spiro atoms. The minimum absolute atomic E-state index is 0.110. The zero-order valence-corrected chi connectivity index (χ0v) is 21.4. The highest BCUT2D eigenvalue weighted by molar-refractivity contribution is 5.93. The molecule has 2 unspecified atom stereocenters. The number of aromatic hydroxyl groups is 1. The van der Waals surface area contributed by atoms with Crippen LogP contribution in [-0.2, 0) is 28.7 Å². The molecule has 0 fully saturated rings. The Morgan fingerprint density at radius 2 is 1.86 bits per heavy atom. The predicted octanol–water partition coefficient (Wildman–Crippen LogP) is 1.08. The molecule has 12 heteroatoms. The van der Waals surface area contributed by atoms with Gasteiger partial charge in [0.2, 0.25) is 11.8 Å². The van der Waals surface area contributed by atoms with Crippen LogP contribution in [0.3, 0.4) is 0 Å². The van der Waals surface area contributed by atoms with Gasteiger partial charge in [0.05, 0.1) is 13.0 Å². The van der Waals surface area contributed by atoms with Gasteiger partial charge in [-0.15, -0.1) is 0 Å². The lowest BCUT2D eigenvalue weighted by molar-refractivity contribution is -0.143. The van der Waals surface area contributed by atoms with Gasteiger partial charge in [-0.3, -0.25) is 24.1 Å². The molecule has 0 heterocycles. The van der Waals surface area contributed by atoms with E-state index in [9.17, 15) is 29.1 Å². The summed E-state index contributed by atoms with van der Waals surface area (Å²) in [6.07, 6.45) is 4.07. The number of nitrogens with two attached hydrogens (primary N) is 1. The zero-order valence-electron chi connectivity index (χ0n) is 21.4. The minimum atomic E-state index is -1.46. The van der Waals surface area contributed by atoms with Crippen molar-refractivity contribution < 1.29 is 38.6 Å². The molecule has 12 nitrogen and oxygen atoms in total. The monoisotopic (exact) mass is 518 g/mol. The molecule has 0 aliphatic carbocycles. The summed E-state index contributed by atoms with van der Waals surface area (Å²) in [4.78, 5) is 62.8. The van der Waals surface area contributed by atoms with Crippen LogP contribution < -0.4 is 16.4 Å². The van der Waals surface area contributed by atoms with Gasteiger partial charge >= 0.3 is 12.1 Å². The van der Waals surface area contributed by atoms with E-state index in [0.717, 1.165) is 4.90 Å². The number of rotatable bonds is 12. The quantitative estimate of drug-likeness (QED) is 0.180. The lowest BCUT2D eigenvalue weighted by atomic mass is 10.0. The molecule has 37 heavy (non-hydrogen) atoms. The molecule has 0 saturated heterocycles. The fraction of sp³-hybridized carbons (Fsp3) is 0.480. The summed E-state index contributed by atoms with van der Waals surface area (Å²) < 4.78 is 10.0. The number of benzene rings is 1. The third kappa shape index (κ3) is 10.9. The molecule has 1 aromatic carbocycles. The van der Waals surface area contributed by atoms with Crippen molar-refractivity contribution in [2.24, 2.45) is 5.73 Å². The number of nitrogens with one attached hydrogen (secondary N) is 2. The molecule has 1 rings (SSSR count). The van der Waals surface area contributed by atoms with Gasteiger partial charge in [0.1, 0.15) is 23.4 Å². The molecular weight excluding hydrogens is 484 g/mol. The maximum atomic E-state index is 13.5. The van der Waals surface area contributed by atoms with Crippen LogP contribution in [-0.4, -0.2) is 64.6 Å². The third-order valence-electron chi connectivity index (χ3n) is 4.67. The number of primary amides is 1. The van der Waals surface area contributed by atoms with Crippen LogP contribution in [0.5, 0.6) is 5.75 Å². The molecule has 0 bridgehead atoms. The van der Waals surface area contributed by atoms with E-state index in [1.807, 2.05) is 0 Å². The van der Waals surface area contributed by atoms with Crippen LogP contribution in [0.1, 0.15) is 58.6 Å². The van der Waals surface area contributed by atoms with Gasteiger partial charge in [-0.2, -0.15) is 0 Å². The van der Waals surface area contributed by atoms with E-state index < -0.39 is 47.5 Å². The number of alkyl carbamates (subject to hydrolysis) is 1. The molecule has 0 aliphatic heterocycles. The normalized spacial score (nSPS) is 12.3. The second kappa shape index (κ2) is 14.3. The van der Waals surface area contributed by atoms with Crippen LogP contribution >= 0.6 is 0 Å². The Balaban J connectivity index is 3.30. The molecule has 0 aliphatic rings. The van der Waals surface area contributed by atoms with Gasteiger partial charge in [0.25, 0.3) is 5.91 Å². The highest BCUT2D eigenvalue weighted by Crippen LogP contribution is 2.25. The Hall–Kier alpha value is -4.27. The lowest BCUT2D eigenvalue weighted by Crippen LogP contribution is -2.51. The highest BCUT2D eigenvalue weighted by atomic mass is 16.6. The van der Waals surface area contributed by atoms with Crippen molar-refractivity contribution in [1.82, 2.24) is 15.5 Å². The number of nitrogens with zero attached hydrogens (tertiary/aromatic N) is 1. The van der Waals surface area contributed by atoms with Crippen molar-refractivity contribution in [3.63, 3.8) is 0 Å². The first-order chi connectivity index (χ1) is 17.3. The average Bonchev–Trinajstić information content (AvgIpc) is 2.78. The van der Waals surface area contributed by atoms with E-state index >= 15 is 0 Å². The van der Waals surface area contributed by atoms with Crippen LogP contribution in [0.15, 0.2) is 24.3 Å². The Morgan fingerprint density at radius 3 is 2.41 bits per heavy atom.